The largest absolute Gasteiger partial charge is 0.509 e. The van der Waals surface area contributed by atoms with Gasteiger partial charge in [0.25, 0.3) is 0 Å². The molecule has 0 heterocycles. The van der Waals surface area contributed by atoms with Gasteiger partial charge in [0.2, 0.25) is 0 Å². The van der Waals surface area contributed by atoms with Gasteiger partial charge < -0.3 is 17.7 Å². The third kappa shape index (κ3) is 4.00. The Hall–Kier alpha value is -1.39. The van der Waals surface area contributed by atoms with E-state index < -0.39 is 12.4 Å². The molecule has 5 heteroatoms. The van der Waals surface area contributed by atoms with Crippen LogP contribution in [0.5, 0.6) is 5.75 Å². The van der Waals surface area contributed by atoms with Crippen molar-refractivity contribution in [2.45, 2.75) is 13.8 Å². The molecule has 0 saturated carbocycles. The second-order valence-corrected chi connectivity index (χ2v) is 3.74. The van der Waals surface area contributed by atoms with Crippen molar-refractivity contribution in [1.82, 2.24) is 0 Å². The summed E-state index contributed by atoms with van der Waals surface area (Å²) in [6.07, 6.45) is 1.81. The van der Waals surface area contributed by atoms with Crippen LogP contribution in [-0.2, 0) is 0 Å². The van der Waals surface area contributed by atoms with Crippen molar-refractivity contribution in [3.63, 3.8) is 0 Å². The third-order valence-corrected chi connectivity index (χ3v) is 1.98. The molecule has 16 heavy (non-hydrogen) atoms. The number of rotatable bonds is 4. The van der Waals surface area contributed by atoms with Gasteiger partial charge >= 0.3 is 6.98 Å². The van der Waals surface area contributed by atoms with Crippen molar-refractivity contribution in [3.8, 4) is 5.75 Å². The normalized spacial score (nSPS) is 11.1. The van der Waals surface area contributed by atoms with E-state index in [0.717, 1.165) is 17.7 Å². The van der Waals surface area contributed by atoms with E-state index in [1.807, 2.05) is 19.9 Å². The summed E-state index contributed by atoms with van der Waals surface area (Å²) < 4.78 is 42.4. The molecule has 0 radical (unpaired) electrons. The molecule has 0 bridgehead atoms. The smallest absolute Gasteiger partial charge is 0.490 e. The molecule has 1 rings (SSSR count). The van der Waals surface area contributed by atoms with E-state index in [4.69, 9.17) is 4.74 Å². The van der Waals surface area contributed by atoms with Crippen LogP contribution in [0.25, 0.3) is 0 Å². The zero-order valence-electron chi connectivity index (χ0n) is 9.21. The highest BCUT2D eigenvalue weighted by Crippen LogP contribution is 2.14. The fourth-order valence-electron chi connectivity index (χ4n) is 1.11. The lowest BCUT2D eigenvalue weighted by molar-refractivity contribution is 0.362. The van der Waals surface area contributed by atoms with E-state index in [1.54, 1.807) is 0 Å². The van der Waals surface area contributed by atoms with Gasteiger partial charge in [0.1, 0.15) is 12.4 Å². The lowest BCUT2D eigenvalue weighted by Gasteiger charge is -2.15. The second kappa shape index (κ2) is 5.10. The maximum atomic E-state index is 12.4. The number of halogens is 3. The van der Waals surface area contributed by atoms with Gasteiger partial charge in [0.15, 0.2) is 0 Å². The highest BCUT2D eigenvalue weighted by molar-refractivity contribution is 6.73. The van der Waals surface area contributed by atoms with Gasteiger partial charge in [-0.3, -0.25) is 0 Å². The Balaban J connectivity index is 2.72. The van der Waals surface area contributed by atoms with Crippen LogP contribution in [-0.4, -0.2) is 13.6 Å². The first-order chi connectivity index (χ1) is 7.39. The molecule has 0 atom stereocenters. The summed E-state index contributed by atoms with van der Waals surface area (Å²) in [5.41, 5.74) is 0.436. The van der Waals surface area contributed by atoms with Crippen molar-refractivity contribution >= 4 is 12.4 Å². The van der Waals surface area contributed by atoms with Crippen LogP contribution >= 0.6 is 0 Å². The monoisotopic (exact) mass is 229 g/mol. The van der Waals surface area contributed by atoms with Crippen LogP contribution in [0.2, 0.25) is 0 Å². The Morgan fingerprint density at radius 2 is 2.00 bits per heavy atom. The predicted octanol–water partition coefficient (Wildman–Crippen LogP) is 3.09. The molecule has 88 valence electrons. The van der Waals surface area contributed by atoms with Gasteiger partial charge in [-0.15, -0.1) is 5.46 Å². The fraction of sp³-hybridized carbons (Fsp3) is 0.273. The lowest BCUT2D eigenvalue weighted by Crippen LogP contribution is -2.33. The van der Waals surface area contributed by atoms with E-state index in [1.165, 1.54) is 12.1 Å². The second-order valence-electron chi connectivity index (χ2n) is 3.74. The summed E-state index contributed by atoms with van der Waals surface area (Å²) in [5, 5.41) is 0. The molecule has 0 unspecified atom stereocenters. The molecule has 0 aromatic heterocycles. The van der Waals surface area contributed by atoms with Crippen molar-refractivity contribution in [3.05, 3.63) is 35.9 Å². The Labute approximate surface area is 93.0 Å². The molecular formula is C11H13BF3O-. The molecule has 0 aliphatic carbocycles. The minimum atomic E-state index is -4.95. The molecule has 1 aromatic rings. The number of ether oxygens (including phenoxy) is 1. The van der Waals surface area contributed by atoms with Gasteiger partial charge in [-0.25, -0.2) is 0 Å². The minimum absolute atomic E-state index is 0.245. The third-order valence-electron chi connectivity index (χ3n) is 1.98. The summed E-state index contributed by atoms with van der Waals surface area (Å²) in [7, 11) is 0. The molecule has 0 amide bonds. The summed E-state index contributed by atoms with van der Waals surface area (Å²) in [5.74, 6) is 0.245. The zero-order chi connectivity index (χ0) is 12.2. The molecule has 0 aliphatic rings. The van der Waals surface area contributed by atoms with Crippen molar-refractivity contribution in [2.24, 2.45) is 0 Å². The SMILES string of the molecule is CC(C)=CCOc1cccc([B-](F)(F)F)c1. The number of allylic oxidation sites excluding steroid dienone is 1. The number of hydrogen-bond donors (Lipinski definition) is 0. The minimum Gasteiger partial charge on any atom is -0.490 e. The van der Waals surface area contributed by atoms with Crippen LogP contribution in [0.3, 0.4) is 0 Å². The van der Waals surface area contributed by atoms with Crippen molar-refractivity contribution in [1.29, 1.82) is 0 Å². The molecule has 1 nitrogen and oxygen atoms in total. The molecule has 1 aromatic carbocycles. The first-order valence-corrected chi connectivity index (χ1v) is 4.95. The van der Waals surface area contributed by atoms with E-state index in [-0.39, 0.29) is 12.4 Å². The van der Waals surface area contributed by atoms with Crippen LogP contribution in [0.15, 0.2) is 35.9 Å². The Morgan fingerprint density at radius 1 is 1.31 bits per heavy atom. The molecule has 0 aliphatic heterocycles. The first kappa shape index (κ1) is 12.7. The number of benzene rings is 1. The molecule has 0 saturated heterocycles. The van der Waals surface area contributed by atoms with Gasteiger partial charge in [-0.2, -0.15) is 0 Å². The maximum Gasteiger partial charge on any atom is 0.509 e. The van der Waals surface area contributed by atoms with E-state index in [2.05, 4.69) is 0 Å². The van der Waals surface area contributed by atoms with Crippen LogP contribution in [0, 0.1) is 0 Å². The van der Waals surface area contributed by atoms with Gasteiger partial charge in [0, 0.05) is 0 Å². The molecule has 0 spiro atoms. The molecular weight excluding hydrogens is 216 g/mol. The first-order valence-electron chi connectivity index (χ1n) is 4.95. The Morgan fingerprint density at radius 3 is 2.56 bits per heavy atom. The van der Waals surface area contributed by atoms with E-state index >= 15 is 0 Å². The van der Waals surface area contributed by atoms with Gasteiger partial charge in [-0.05, 0) is 32.1 Å². The highest BCUT2D eigenvalue weighted by atomic mass is 19.4. The Bertz CT molecular complexity index is 381. The molecule has 0 fully saturated rings. The summed E-state index contributed by atoms with van der Waals surface area (Å²) in [4.78, 5) is 0. The van der Waals surface area contributed by atoms with E-state index in [0.29, 0.717) is 0 Å². The van der Waals surface area contributed by atoms with Crippen LogP contribution in [0.1, 0.15) is 13.8 Å². The average Bonchev–Trinajstić information content (AvgIpc) is 2.16. The maximum absolute atomic E-state index is 12.4. The summed E-state index contributed by atoms with van der Waals surface area (Å²) in [6, 6.07) is 4.94. The highest BCUT2D eigenvalue weighted by Gasteiger charge is 2.25. The van der Waals surface area contributed by atoms with E-state index in [9.17, 15) is 12.9 Å². The van der Waals surface area contributed by atoms with Crippen molar-refractivity contribution in [2.75, 3.05) is 6.61 Å². The van der Waals surface area contributed by atoms with Crippen LogP contribution in [0.4, 0.5) is 12.9 Å². The van der Waals surface area contributed by atoms with Gasteiger partial charge in [0.05, 0.1) is 0 Å². The summed E-state index contributed by atoms with van der Waals surface area (Å²) >= 11 is 0. The zero-order valence-corrected chi connectivity index (χ0v) is 9.21. The molecule has 0 N–H and O–H groups in total. The fourth-order valence-corrected chi connectivity index (χ4v) is 1.11. The lowest BCUT2D eigenvalue weighted by atomic mass is 9.80. The van der Waals surface area contributed by atoms with Crippen LogP contribution < -0.4 is 10.2 Å². The van der Waals surface area contributed by atoms with Crippen molar-refractivity contribution < 1.29 is 17.7 Å². The topological polar surface area (TPSA) is 9.23 Å². The summed E-state index contributed by atoms with van der Waals surface area (Å²) in [6.45, 7) is -0.861. The predicted molar refractivity (Wildman–Crippen MR) is 60.1 cm³/mol. The Kier molecular flexibility index (Phi) is 4.04. The standard InChI is InChI=1S/C11H13BF3O/c1-9(2)6-7-16-11-5-3-4-10(8-11)12(13,14)15/h3-6,8H,7H2,1-2H3/q-1. The quantitative estimate of drug-likeness (QED) is 0.569. The average molecular weight is 229 g/mol. The van der Waals surface area contributed by atoms with Gasteiger partial charge in [-0.1, -0.05) is 17.7 Å². The number of hydrogen-bond acceptors (Lipinski definition) is 1.